The number of carbonyl (C=O) groups is 2. The quantitative estimate of drug-likeness (QED) is 0.714. The first-order chi connectivity index (χ1) is 12.1. The van der Waals surface area contributed by atoms with Crippen molar-refractivity contribution in [3.05, 3.63) is 29.3 Å². The number of sulfonamides is 1. The van der Waals surface area contributed by atoms with Crippen LogP contribution in [0.4, 0.5) is 0 Å². The van der Waals surface area contributed by atoms with Crippen LogP contribution in [0.2, 0.25) is 0 Å². The normalized spacial score (nSPS) is 22.0. The highest BCUT2D eigenvalue weighted by molar-refractivity contribution is 7.89. The Morgan fingerprint density at radius 1 is 0.962 bits per heavy atom. The molecule has 1 fully saturated rings. The average Bonchev–Trinajstić information content (AvgIpc) is 2.64. The third-order valence-corrected chi connectivity index (χ3v) is 6.84. The van der Waals surface area contributed by atoms with E-state index in [-0.39, 0.29) is 28.1 Å². The van der Waals surface area contributed by atoms with Gasteiger partial charge in [0.25, 0.3) is 0 Å². The van der Waals surface area contributed by atoms with Gasteiger partial charge in [0.2, 0.25) is 10.0 Å². The van der Waals surface area contributed by atoms with Crippen LogP contribution in [0.5, 0.6) is 0 Å². The smallest absolute Gasteiger partial charge is 0.337 e. The molecule has 0 radical (unpaired) electrons. The molecule has 1 aliphatic heterocycles. The minimum atomic E-state index is -3.90. The van der Waals surface area contributed by atoms with Gasteiger partial charge in [-0.25, -0.2) is 18.0 Å². The Balaban J connectivity index is 2.54. The number of nitrogens with zero attached hydrogens (tertiary/aromatic N) is 2. The van der Waals surface area contributed by atoms with Gasteiger partial charge in [0.15, 0.2) is 0 Å². The summed E-state index contributed by atoms with van der Waals surface area (Å²) in [4.78, 5) is 25.8. The third kappa shape index (κ3) is 3.74. The van der Waals surface area contributed by atoms with E-state index in [1.54, 1.807) is 0 Å². The van der Waals surface area contributed by atoms with Crippen molar-refractivity contribution in [2.75, 3.05) is 34.4 Å². The molecule has 9 heteroatoms. The number of ether oxygens (including phenoxy) is 2. The van der Waals surface area contributed by atoms with Gasteiger partial charge in [0.05, 0.1) is 30.2 Å². The molecule has 0 unspecified atom stereocenters. The predicted molar refractivity (Wildman–Crippen MR) is 94.6 cm³/mol. The van der Waals surface area contributed by atoms with Crippen molar-refractivity contribution in [1.29, 1.82) is 0 Å². The molecule has 1 saturated heterocycles. The molecule has 8 nitrogen and oxygen atoms in total. The fraction of sp³-hybridized carbons (Fsp3) is 0.529. The SMILES string of the molecule is COC(=O)c1cc(C(=O)OC)cc(S(=O)(=O)N2CCN(C)[C@H](C)[C@@H]2C)c1. The highest BCUT2D eigenvalue weighted by Crippen LogP contribution is 2.26. The van der Waals surface area contributed by atoms with E-state index < -0.39 is 22.0 Å². The summed E-state index contributed by atoms with van der Waals surface area (Å²) >= 11 is 0. The van der Waals surface area contributed by atoms with Crippen molar-refractivity contribution in [1.82, 2.24) is 9.21 Å². The topological polar surface area (TPSA) is 93.2 Å². The Morgan fingerprint density at radius 3 is 1.92 bits per heavy atom. The third-order valence-electron chi connectivity index (χ3n) is 4.88. The maximum Gasteiger partial charge on any atom is 0.337 e. The monoisotopic (exact) mass is 384 g/mol. The van der Waals surface area contributed by atoms with E-state index in [1.807, 2.05) is 20.9 Å². The Bertz CT molecular complexity index is 773. The zero-order valence-corrected chi connectivity index (χ0v) is 16.4. The molecule has 0 aliphatic carbocycles. The second kappa shape index (κ2) is 7.73. The number of hydrogen-bond donors (Lipinski definition) is 0. The minimum absolute atomic E-state index is 0.0243. The molecule has 26 heavy (non-hydrogen) atoms. The van der Waals surface area contributed by atoms with Crippen molar-refractivity contribution in [3.63, 3.8) is 0 Å². The lowest BCUT2D eigenvalue weighted by atomic mass is 10.1. The molecule has 2 rings (SSSR count). The van der Waals surface area contributed by atoms with E-state index in [0.717, 1.165) is 0 Å². The van der Waals surface area contributed by atoms with Crippen molar-refractivity contribution in [2.24, 2.45) is 0 Å². The van der Waals surface area contributed by atoms with Crippen LogP contribution in [-0.2, 0) is 19.5 Å². The van der Waals surface area contributed by atoms with E-state index in [2.05, 4.69) is 14.4 Å². The van der Waals surface area contributed by atoms with E-state index in [9.17, 15) is 18.0 Å². The van der Waals surface area contributed by atoms with Gasteiger partial charge in [0, 0.05) is 25.2 Å². The molecule has 1 aliphatic rings. The van der Waals surface area contributed by atoms with Gasteiger partial charge in [-0.05, 0) is 39.1 Å². The molecule has 0 bridgehead atoms. The zero-order valence-electron chi connectivity index (χ0n) is 15.6. The molecular weight excluding hydrogens is 360 g/mol. The molecule has 1 aromatic rings. The summed E-state index contributed by atoms with van der Waals surface area (Å²) in [6, 6.07) is 3.48. The van der Waals surface area contributed by atoms with Crippen molar-refractivity contribution in [3.8, 4) is 0 Å². The van der Waals surface area contributed by atoms with Crippen LogP contribution >= 0.6 is 0 Å². The standard InChI is InChI=1S/C17H24N2O6S/c1-11-12(2)19(7-6-18(11)3)26(22,23)15-9-13(16(20)24-4)8-14(10-15)17(21)25-5/h8-12H,6-7H2,1-5H3/t11-,12+/m1/s1. The molecule has 1 aromatic carbocycles. The van der Waals surface area contributed by atoms with Gasteiger partial charge < -0.3 is 14.4 Å². The Kier molecular flexibility index (Phi) is 6.05. The van der Waals surface area contributed by atoms with E-state index in [4.69, 9.17) is 0 Å². The summed E-state index contributed by atoms with van der Waals surface area (Å²) in [5, 5.41) is 0. The average molecular weight is 384 g/mol. The lowest BCUT2D eigenvalue weighted by Gasteiger charge is -2.42. The van der Waals surface area contributed by atoms with Crippen LogP contribution in [0.25, 0.3) is 0 Å². The van der Waals surface area contributed by atoms with E-state index >= 15 is 0 Å². The Morgan fingerprint density at radius 2 is 1.46 bits per heavy atom. The second-order valence-electron chi connectivity index (χ2n) is 6.31. The lowest BCUT2D eigenvalue weighted by Crippen LogP contribution is -2.57. The van der Waals surface area contributed by atoms with Gasteiger partial charge >= 0.3 is 11.9 Å². The van der Waals surface area contributed by atoms with Crippen LogP contribution in [-0.4, -0.2) is 76.0 Å². The second-order valence-corrected chi connectivity index (χ2v) is 8.20. The number of benzene rings is 1. The van der Waals surface area contributed by atoms with E-state index in [1.165, 1.54) is 36.7 Å². The Labute approximate surface area is 153 Å². The number of carbonyl (C=O) groups excluding carboxylic acids is 2. The molecule has 0 amide bonds. The number of hydrogen-bond acceptors (Lipinski definition) is 7. The molecular formula is C17H24N2O6S. The maximum atomic E-state index is 13.2. The maximum absolute atomic E-state index is 13.2. The van der Waals surface area contributed by atoms with Crippen molar-refractivity contribution in [2.45, 2.75) is 30.8 Å². The molecule has 0 N–H and O–H groups in total. The Hall–Kier alpha value is -1.97. The summed E-state index contributed by atoms with van der Waals surface area (Å²) in [5.41, 5.74) is -0.0485. The number of methoxy groups -OCH3 is 2. The molecule has 0 spiro atoms. The van der Waals surface area contributed by atoms with Gasteiger partial charge in [0.1, 0.15) is 0 Å². The lowest BCUT2D eigenvalue weighted by molar-refractivity contribution is 0.0598. The fourth-order valence-corrected chi connectivity index (χ4v) is 4.72. The predicted octanol–water partition coefficient (Wildman–Crippen LogP) is 0.973. The van der Waals surface area contributed by atoms with Crippen LogP contribution in [0.1, 0.15) is 34.6 Å². The van der Waals surface area contributed by atoms with Gasteiger partial charge in [-0.2, -0.15) is 4.31 Å². The molecule has 0 aromatic heterocycles. The van der Waals surface area contributed by atoms with Crippen LogP contribution in [0.3, 0.4) is 0 Å². The van der Waals surface area contributed by atoms with Crippen LogP contribution < -0.4 is 0 Å². The first-order valence-electron chi connectivity index (χ1n) is 8.17. The summed E-state index contributed by atoms with van der Waals surface area (Å²) in [7, 11) is 0.410. The van der Waals surface area contributed by atoms with Crippen molar-refractivity contribution < 1.29 is 27.5 Å². The van der Waals surface area contributed by atoms with Gasteiger partial charge in [-0.15, -0.1) is 0 Å². The molecule has 144 valence electrons. The number of piperazine rings is 1. The number of esters is 2. The summed E-state index contributed by atoms with van der Waals surface area (Å²) in [6.07, 6.45) is 0. The first-order valence-corrected chi connectivity index (χ1v) is 9.61. The minimum Gasteiger partial charge on any atom is -0.465 e. The van der Waals surface area contributed by atoms with Crippen LogP contribution in [0, 0.1) is 0 Å². The number of rotatable bonds is 4. The van der Waals surface area contributed by atoms with Crippen molar-refractivity contribution >= 4 is 22.0 Å². The molecule has 2 atom stereocenters. The zero-order chi connectivity index (χ0) is 19.6. The highest BCUT2D eigenvalue weighted by atomic mass is 32.2. The largest absolute Gasteiger partial charge is 0.465 e. The highest BCUT2D eigenvalue weighted by Gasteiger charge is 2.37. The van der Waals surface area contributed by atoms with Crippen LogP contribution in [0.15, 0.2) is 23.1 Å². The number of likely N-dealkylation sites (N-methyl/N-ethyl adjacent to an activating group) is 1. The first kappa shape index (κ1) is 20.3. The van der Waals surface area contributed by atoms with E-state index in [0.29, 0.717) is 13.1 Å². The summed E-state index contributed by atoms with van der Waals surface area (Å²) < 4.78 is 37.1. The molecule has 1 heterocycles. The van der Waals surface area contributed by atoms with Gasteiger partial charge in [-0.3, -0.25) is 0 Å². The molecule has 0 saturated carbocycles. The fourth-order valence-electron chi connectivity index (χ4n) is 2.97. The summed E-state index contributed by atoms with van der Waals surface area (Å²) in [6.45, 7) is 4.70. The van der Waals surface area contributed by atoms with Gasteiger partial charge in [-0.1, -0.05) is 0 Å². The summed E-state index contributed by atoms with van der Waals surface area (Å²) in [5.74, 6) is -1.46.